The van der Waals surface area contributed by atoms with Crippen LogP contribution >= 0.6 is 7.82 Å². The van der Waals surface area contributed by atoms with Crippen LogP contribution in [-0.4, -0.2) is 33.5 Å². The van der Waals surface area contributed by atoms with Crippen LogP contribution in [0, 0.1) is 0 Å². The number of ether oxygens (including phenoxy) is 2. The minimum absolute atomic E-state index is 0.145. The van der Waals surface area contributed by atoms with Crippen LogP contribution in [0.3, 0.4) is 0 Å². The van der Waals surface area contributed by atoms with E-state index in [2.05, 4.69) is 13.8 Å². The van der Waals surface area contributed by atoms with Crippen LogP contribution in [0.2, 0.25) is 0 Å². The van der Waals surface area contributed by atoms with Gasteiger partial charge in [-0.2, -0.15) is 0 Å². The van der Waals surface area contributed by atoms with Crippen molar-refractivity contribution >= 4 is 7.82 Å². The second-order valence-corrected chi connectivity index (χ2v) is 8.18. The molecule has 0 aromatic heterocycles. The zero-order valence-electron chi connectivity index (χ0n) is 17.7. The number of methoxy groups -OCH3 is 1. The second kappa shape index (κ2) is 15.8. The lowest BCUT2D eigenvalue weighted by atomic mass is 10.1. The number of phosphoric acid groups is 1. The summed E-state index contributed by atoms with van der Waals surface area (Å²) in [5.74, 6) is 0.817. The minimum Gasteiger partial charge on any atom is -0.493 e. The van der Waals surface area contributed by atoms with Crippen LogP contribution in [0.1, 0.15) is 65.2 Å². The summed E-state index contributed by atoms with van der Waals surface area (Å²) < 4.78 is 40.5. The molecule has 1 rings (SSSR count). The fraction of sp³-hybridized carbons (Fsp3) is 0.714. The quantitative estimate of drug-likeness (QED) is 0.204. The summed E-state index contributed by atoms with van der Waals surface area (Å²) in [5, 5.41) is 0. The largest absolute Gasteiger partial charge is 0.530 e. The summed E-state index contributed by atoms with van der Waals surface area (Å²) in [4.78, 5) is 0. The molecule has 0 aliphatic rings. The normalized spacial score (nSPS) is 13.2. The third-order valence-electron chi connectivity index (χ3n) is 4.15. The first-order valence-electron chi connectivity index (χ1n) is 10.4. The number of para-hydroxylation sites is 2. The fourth-order valence-electron chi connectivity index (χ4n) is 2.52. The van der Waals surface area contributed by atoms with Gasteiger partial charge in [0, 0.05) is 6.61 Å². The molecule has 0 amide bonds. The molecule has 1 atom stereocenters. The molecule has 1 unspecified atom stereocenters. The molecular weight excluding hydrogens is 379 g/mol. The van der Waals surface area contributed by atoms with Gasteiger partial charge in [0.1, 0.15) is 0 Å². The average molecular weight is 416 g/mol. The molecular formula is C21H37O6P. The Hall–Kier alpha value is -1.07. The molecule has 0 aliphatic carbocycles. The van der Waals surface area contributed by atoms with Crippen molar-refractivity contribution in [2.24, 2.45) is 0 Å². The lowest BCUT2D eigenvalue weighted by molar-refractivity contribution is 0.0766. The Morgan fingerprint density at radius 2 is 1.39 bits per heavy atom. The van der Waals surface area contributed by atoms with Gasteiger partial charge in [0.15, 0.2) is 11.5 Å². The first kappa shape index (κ1) is 25.0. The summed E-state index contributed by atoms with van der Waals surface area (Å²) in [6, 6.07) is 7.02. The van der Waals surface area contributed by atoms with Gasteiger partial charge in [-0.3, -0.25) is 9.05 Å². The number of hydrogen-bond acceptors (Lipinski definition) is 6. The maximum Gasteiger partial charge on any atom is 0.530 e. The SMILES string of the molecule is CCCCCCCCOP(=O)(OCCOCCCC)Oc1ccccc1OC. The maximum absolute atomic E-state index is 13.1. The highest BCUT2D eigenvalue weighted by atomic mass is 31.2. The number of phosphoric ester groups is 1. The second-order valence-electron chi connectivity index (χ2n) is 6.59. The molecule has 1 aromatic carbocycles. The Balaban J connectivity index is 2.54. The van der Waals surface area contributed by atoms with E-state index >= 15 is 0 Å². The predicted octanol–water partition coefficient (Wildman–Crippen LogP) is 6.39. The molecule has 0 saturated heterocycles. The Morgan fingerprint density at radius 1 is 0.750 bits per heavy atom. The van der Waals surface area contributed by atoms with Crippen molar-refractivity contribution in [1.82, 2.24) is 0 Å². The molecule has 0 saturated carbocycles. The van der Waals surface area contributed by atoms with Gasteiger partial charge in [0.25, 0.3) is 0 Å². The summed E-state index contributed by atoms with van der Waals surface area (Å²) in [6.45, 7) is 5.78. The van der Waals surface area contributed by atoms with Crippen LogP contribution in [0.15, 0.2) is 24.3 Å². The van der Waals surface area contributed by atoms with Crippen LogP contribution < -0.4 is 9.26 Å². The van der Waals surface area contributed by atoms with Crippen LogP contribution in [0.4, 0.5) is 0 Å². The highest BCUT2D eigenvalue weighted by Gasteiger charge is 2.29. The van der Waals surface area contributed by atoms with Crippen molar-refractivity contribution < 1.29 is 27.6 Å². The van der Waals surface area contributed by atoms with E-state index in [1.165, 1.54) is 26.4 Å². The molecule has 0 aliphatic heterocycles. The summed E-state index contributed by atoms with van der Waals surface area (Å²) in [6.07, 6.45) is 8.75. The zero-order chi connectivity index (χ0) is 20.5. The lowest BCUT2D eigenvalue weighted by Gasteiger charge is -2.20. The summed E-state index contributed by atoms with van der Waals surface area (Å²) in [7, 11) is -2.22. The molecule has 0 bridgehead atoms. The smallest absolute Gasteiger partial charge is 0.493 e. The van der Waals surface area contributed by atoms with Crippen molar-refractivity contribution in [2.75, 3.05) is 33.5 Å². The highest BCUT2D eigenvalue weighted by Crippen LogP contribution is 2.51. The van der Waals surface area contributed by atoms with Crippen LogP contribution in [0.25, 0.3) is 0 Å². The topological polar surface area (TPSA) is 63.2 Å². The third-order valence-corrected chi connectivity index (χ3v) is 5.56. The van der Waals surface area contributed by atoms with Crippen LogP contribution in [-0.2, 0) is 18.3 Å². The van der Waals surface area contributed by atoms with E-state index in [4.69, 9.17) is 23.0 Å². The molecule has 0 fully saturated rings. The van der Waals surface area contributed by atoms with Gasteiger partial charge in [0.05, 0.1) is 26.9 Å². The Kier molecular flexibility index (Phi) is 14.1. The summed E-state index contributed by atoms with van der Waals surface area (Å²) in [5.41, 5.74) is 0. The van der Waals surface area contributed by atoms with Gasteiger partial charge >= 0.3 is 7.82 Å². The number of rotatable bonds is 18. The van der Waals surface area contributed by atoms with E-state index in [0.29, 0.717) is 31.3 Å². The van der Waals surface area contributed by atoms with Crippen molar-refractivity contribution in [3.8, 4) is 11.5 Å². The molecule has 28 heavy (non-hydrogen) atoms. The molecule has 6 nitrogen and oxygen atoms in total. The van der Waals surface area contributed by atoms with Crippen molar-refractivity contribution in [1.29, 1.82) is 0 Å². The Bertz CT molecular complexity index is 551. The third kappa shape index (κ3) is 11.1. The van der Waals surface area contributed by atoms with Gasteiger partial charge < -0.3 is 14.0 Å². The monoisotopic (exact) mass is 416 g/mol. The molecule has 7 heteroatoms. The summed E-state index contributed by atoms with van der Waals surface area (Å²) >= 11 is 0. The average Bonchev–Trinajstić information content (AvgIpc) is 2.70. The molecule has 0 heterocycles. The maximum atomic E-state index is 13.1. The van der Waals surface area contributed by atoms with Gasteiger partial charge in [-0.15, -0.1) is 0 Å². The lowest BCUT2D eigenvalue weighted by Crippen LogP contribution is -2.09. The van der Waals surface area contributed by atoms with E-state index in [0.717, 1.165) is 32.1 Å². The predicted molar refractivity (Wildman–Crippen MR) is 112 cm³/mol. The van der Waals surface area contributed by atoms with Crippen molar-refractivity contribution in [3.63, 3.8) is 0 Å². The van der Waals surface area contributed by atoms with E-state index in [1.54, 1.807) is 18.2 Å². The van der Waals surface area contributed by atoms with E-state index in [9.17, 15) is 4.57 Å². The minimum atomic E-state index is -3.76. The van der Waals surface area contributed by atoms with Gasteiger partial charge in [-0.25, -0.2) is 4.57 Å². The highest BCUT2D eigenvalue weighted by molar-refractivity contribution is 7.48. The van der Waals surface area contributed by atoms with Gasteiger partial charge in [0.2, 0.25) is 0 Å². The Labute approximate surface area is 170 Å². The van der Waals surface area contributed by atoms with E-state index < -0.39 is 7.82 Å². The Morgan fingerprint density at radius 3 is 2.11 bits per heavy atom. The van der Waals surface area contributed by atoms with Crippen molar-refractivity contribution in [3.05, 3.63) is 24.3 Å². The fourth-order valence-corrected chi connectivity index (χ4v) is 3.74. The zero-order valence-corrected chi connectivity index (χ0v) is 18.6. The standard InChI is InChI=1S/C21H37O6P/c1-4-6-8-9-10-13-17-25-28(22,26-19-18-24-16-7-5-2)27-21-15-12-11-14-20(21)23-3/h11-12,14-15H,4-10,13,16-19H2,1-3H3. The molecule has 0 spiro atoms. The number of hydrogen-bond donors (Lipinski definition) is 0. The van der Waals surface area contributed by atoms with Gasteiger partial charge in [-0.1, -0.05) is 64.5 Å². The number of benzene rings is 1. The number of unbranched alkanes of at least 4 members (excludes halogenated alkanes) is 6. The van der Waals surface area contributed by atoms with Crippen LogP contribution in [0.5, 0.6) is 11.5 Å². The molecule has 1 aromatic rings. The first-order valence-corrected chi connectivity index (χ1v) is 11.9. The van der Waals surface area contributed by atoms with E-state index in [1.807, 2.05) is 6.07 Å². The van der Waals surface area contributed by atoms with Crippen molar-refractivity contribution in [2.45, 2.75) is 65.2 Å². The molecule has 162 valence electrons. The first-order chi connectivity index (χ1) is 13.6. The van der Waals surface area contributed by atoms with E-state index in [-0.39, 0.29) is 6.61 Å². The van der Waals surface area contributed by atoms with Gasteiger partial charge in [-0.05, 0) is 25.0 Å². The molecule has 0 N–H and O–H groups in total. The molecule has 0 radical (unpaired) electrons.